The molecule has 0 aliphatic carbocycles. The number of carbonyl (C=O) groups is 1. The number of carboxylic acid groups (broad SMARTS) is 1. The van der Waals surface area contributed by atoms with E-state index in [1.54, 1.807) is 0 Å². The summed E-state index contributed by atoms with van der Waals surface area (Å²) in [5, 5.41) is 8.47. The lowest BCUT2D eigenvalue weighted by Gasteiger charge is -2.02. The van der Waals surface area contributed by atoms with Gasteiger partial charge in [-0.25, -0.2) is 0 Å². The molecule has 0 saturated heterocycles. The van der Waals surface area contributed by atoms with Crippen molar-refractivity contribution in [1.29, 1.82) is 0 Å². The van der Waals surface area contributed by atoms with Crippen molar-refractivity contribution in [2.24, 2.45) is 0 Å². The van der Waals surface area contributed by atoms with Gasteiger partial charge in [0, 0.05) is 6.42 Å². The first-order valence-electron chi connectivity index (χ1n) is 7.99. The van der Waals surface area contributed by atoms with Gasteiger partial charge in [0.15, 0.2) is 0 Å². The first-order valence-corrected chi connectivity index (χ1v) is 7.99. The van der Waals surface area contributed by atoms with Gasteiger partial charge in [-0.15, -0.1) is 13.2 Å². The van der Waals surface area contributed by atoms with Crippen molar-refractivity contribution in [2.45, 2.75) is 90.4 Å². The quantitative estimate of drug-likeness (QED) is 0.331. The minimum atomic E-state index is -0.655. The van der Waals surface area contributed by atoms with E-state index in [0.29, 0.717) is 6.42 Å². The van der Waals surface area contributed by atoms with Crippen LogP contribution in [0.1, 0.15) is 90.4 Å². The minimum Gasteiger partial charge on any atom is -0.481 e. The smallest absolute Gasteiger partial charge is 0.303 e. The number of hydrogen-bond donors (Lipinski definition) is 1. The number of rotatable bonds is 13. The summed E-state index contributed by atoms with van der Waals surface area (Å²) in [6, 6.07) is 0. The Labute approximate surface area is 120 Å². The highest BCUT2D eigenvalue weighted by Gasteiger charge is 1.96. The van der Waals surface area contributed by atoms with Crippen molar-refractivity contribution < 1.29 is 9.90 Å². The van der Waals surface area contributed by atoms with Crippen LogP contribution in [-0.4, -0.2) is 11.1 Å². The van der Waals surface area contributed by atoms with Crippen molar-refractivity contribution in [1.82, 2.24) is 0 Å². The first-order chi connectivity index (χ1) is 9.27. The van der Waals surface area contributed by atoms with Gasteiger partial charge in [-0.2, -0.15) is 0 Å². The van der Waals surface area contributed by atoms with Gasteiger partial charge in [-0.05, 0) is 6.42 Å². The predicted octanol–water partition coefficient (Wildman–Crippen LogP) is 5.96. The number of aliphatic carboxylic acids is 1. The summed E-state index contributed by atoms with van der Waals surface area (Å²) >= 11 is 0. The Morgan fingerprint density at radius 2 is 1.05 bits per heavy atom. The van der Waals surface area contributed by atoms with E-state index in [0.717, 1.165) is 12.8 Å². The van der Waals surface area contributed by atoms with E-state index in [4.69, 9.17) is 5.11 Å². The molecule has 0 spiro atoms. The third-order valence-electron chi connectivity index (χ3n) is 3.24. The second-order valence-electron chi connectivity index (χ2n) is 5.03. The molecule has 0 aliphatic rings. The third-order valence-corrected chi connectivity index (χ3v) is 3.24. The fourth-order valence-corrected chi connectivity index (χ4v) is 2.12. The van der Waals surface area contributed by atoms with E-state index in [1.165, 1.54) is 64.2 Å². The lowest BCUT2D eigenvalue weighted by atomic mass is 10.0. The average molecular weight is 270 g/mol. The average Bonchev–Trinajstić information content (AvgIpc) is 2.42. The van der Waals surface area contributed by atoms with Crippen LogP contribution < -0.4 is 0 Å². The third kappa shape index (κ3) is 22.8. The summed E-state index contributed by atoms with van der Waals surface area (Å²) in [6.07, 6.45) is 15.8. The Hall–Kier alpha value is -0.790. The topological polar surface area (TPSA) is 37.3 Å². The summed E-state index contributed by atoms with van der Waals surface area (Å²) in [7, 11) is 0. The van der Waals surface area contributed by atoms with Gasteiger partial charge in [0.2, 0.25) is 0 Å². The number of carboxylic acids is 1. The Morgan fingerprint density at radius 1 is 0.737 bits per heavy atom. The summed E-state index contributed by atoms with van der Waals surface area (Å²) in [5.41, 5.74) is 0. The van der Waals surface area contributed by atoms with Crippen LogP contribution in [-0.2, 0) is 4.79 Å². The van der Waals surface area contributed by atoms with Crippen LogP contribution in [0.3, 0.4) is 0 Å². The Balaban J connectivity index is 0. The first kappa shape index (κ1) is 20.5. The van der Waals surface area contributed by atoms with E-state index >= 15 is 0 Å². The summed E-state index contributed by atoms with van der Waals surface area (Å²) < 4.78 is 0. The second-order valence-corrected chi connectivity index (χ2v) is 5.03. The number of hydrogen-bond acceptors (Lipinski definition) is 1. The van der Waals surface area contributed by atoms with Crippen LogP contribution in [0.2, 0.25) is 0 Å². The Morgan fingerprint density at radius 3 is 1.37 bits per heavy atom. The zero-order valence-corrected chi connectivity index (χ0v) is 13.0. The van der Waals surface area contributed by atoms with Crippen LogP contribution in [0.4, 0.5) is 0 Å². The molecule has 0 aromatic heterocycles. The fourth-order valence-electron chi connectivity index (χ4n) is 2.12. The summed E-state index contributed by atoms with van der Waals surface area (Å²) in [5.74, 6) is -0.655. The molecule has 0 saturated carbocycles. The van der Waals surface area contributed by atoms with Crippen molar-refractivity contribution in [3.63, 3.8) is 0 Å². The molecular formula is C17H34O2. The Kier molecular flexibility index (Phi) is 21.1. The predicted molar refractivity (Wildman–Crippen MR) is 84.6 cm³/mol. The lowest BCUT2D eigenvalue weighted by Crippen LogP contribution is -1.93. The molecule has 0 aromatic carbocycles. The van der Waals surface area contributed by atoms with Gasteiger partial charge in [0.25, 0.3) is 0 Å². The molecule has 0 aliphatic heterocycles. The van der Waals surface area contributed by atoms with Crippen molar-refractivity contribution in [3.05, 3.63) is 13.2 Å². The zero-order chi connectivity index (χ0) is 14.8. The number of unbranched alkanes of at least 4 members (excludes halogenated alkanes) is 11. The fraction of sp³-hybridized carbons (Fsp3) is 0.824. The van der Waals surface area contributed by atoms with Crippen LogP contribution in [0.5, 0.6) is 0 Å². The molecule has 0 unspecified atom stereocenters. The Bertz CT molecular complexity index is 178. The van der Waals surface area contributed by atoms with Crippen LogP contribution in [0.25, 0.3) is 0 Å². The molecule has 0 bridgehead atoms. The molecule has 0 atom stereocenters. The summed E-state index contributed by atoms with van der Waals surface area (Å²) in [4.78, 5) is 10.3. The molecule has 0 heterocycles. The van der Waals surface area contributed by atoms with E-state index in [2.05, 4.69) is 20.1 Å². The molecule has 0 rings (SSSR count). The van der Waals surface area contributed by atoms with Crippen LogP contribution in [0, 0.1) is 0 Å². The maximum Gasteiger partial charge on any atom is 0.303 e. The van der Waals surface area contributed by atoms with E-state index in [-0.39, 0.29) is 0 Å². The van der Waals surface area contributed by atoms with Crippen molar-refractivity contribution >= 4 is 5.97 Å². The standard InChI is InChI=1S/C15H30O2.C2H4/c1-2-3-4-5-6-7-8-9-10-11-12-13-14-15(16)17;1-2/h2-14H2,1H3,(H,16,17);1-2H2. The van der Waals surface area contributed by atoms with E-state index < -0.39 is 5.97 Å². The molecule has 0 fully saturated rings. The molecule has 114 valence electrons. The minimum absolute atomic E-state index is 0.345. The maximum atomic E-state index is 10.3. The van der Waals surface area contributed by atoms with Crippen LogP contribution >= 0.6 is 0 Å². The highest BCUT2D eigenvalue weighted by Crippen LogP contribution is 2.12. The molecule has 0 amide bonds. The lowest BCUT2D eigenvalue weighted by molar-refractivity contribution is -0.137. The van der Waals surface area contributed by atoms with Gasteiger partial charge in [-0.3, -0.25) is 4.79 Å². The second kappa shape index (κ2) is 19.5. The summed E-state index contributed by atoms with van der Waals surface area (Å²) in [6.45, 7) is 8.25. The monoisotopic (exact) mass is 270 g/mol. The molecular weight excluding hydrogens is 236 g/mol. The van der Waals surface area contributed by atoms with Crippen LogP contribution in [0.15, 0.2) is 13.2 Å². The normalized spacial score (nSPS) is 9.74. The van der Waals surface area contributed by atoms with Crippen molar-refractivity contribution in [3.8, 4) is 0 Å². The SMILES string of the molecule is C=C.CCCCCCCCCCCCCCC(=O)O. The largest absolute Gasteiger partial charge is 0.481 e. The highest BCUT2D eigenvalue weighted by molar-refractivity contribution is 5.66. The van der Waals surface area contributed by atoms with Crippen molar-refractivity contribution in [2.75, 3.05) is 0 Å². The van der Waals surface area contributed by atoms with Gasteiger partial charge < -0.3 is 5.11 Å². The molecule has 2 heteroatoms. The van der Waals surface area contributed by atoms with Gasteiger partial charge in [-0.1, -0.05) is 77.6 Å². The van der Waals surface area contributed by atoms with E-state index in [9.17, 15) is 4.79 Å². The molecule has 2 nitrogen and oxygen atoms in total. The molecule has 0 aromatic rings. The van der Waals surface area contributed by atoms with E-state index in [1.807, 2.05) is 0 Å². The highest BCUT2D eigenvalue weighted by atomic mass is 16.4. The molecule has 19 heavy (non-hydrogen) atoms. The van der Waals surface area contributed by atoms with Gasteiger partial charge >= 0.3 is 5.97 Å². The van der Waals surface area contributed by atoms with Gasteiger partial charge in [0.05, 0.1) is 0 Å². The molecule has 1 N–H and O–H groups in total. The zero-order valence-electron chi connectivity index (χ0n) is 13.0. The maximum absolute atomic E-state index is 10.3. The van der Waals surface area contributed by atoms with Gasteiger partial charge in [0.1, 0.15) is 0 Å². The molecule has 0 radical (unpaired) electrons.